The first kappa shape index (κ1) is 15.5. The van der Waals surface area contributed by atoms with Gasteiger partial charge in [-0.15, -0.1) is 11.3 Å². The van der Waals surface area contributed by atoms with Crippen LogP contribution < -0.4 is 5.32 Å². The number of amides is 1. The number of rotatable bonds is 7. The van der Waals surface area contributed by atoms with Crippen LogP contribution in [0.1, 0.15) is 43.9 Å². The van der Waals surface area contributed by atoms with Crippen LogP contribution >= 0.6 is 11.3 Å². The number of piperidine rings is 1. The minimum Gasteiger partial charge on any atom is -0.338 e. The molecule has 4 heteroatoms. The van der Waals surface area contributed by atoms with Crippen LogP contribution in [0.2, 0.25) is 0 Å². The summed E-state index contributed by atoms with van der Waals surface area (Å²) in [5.41, 5.74) is 0. The molecule has 0 aliphatic carbocycles. The first-order chi connectivity index (χ1) is 9.81. The summed E-state index contributed by atoms with van der Waals surface area (Å²) in [6, 6.07) is 4.65. The Labute approximate surface area is 126 Å². The van der Waals surface area contributed by atoms with Crippen molar-refractivity contribution >= 4 is 17.2 Å². The summed E-state index contributed by atoms with van der Waals surface area (Å²) in [6.07, 6.45) is 6.09. The first-order valence-corrected chi connectivity index (χ1v) is 8.71. The van der Waals surface area contributed by atoms with Gasteiger partial charge in [-0.3, -0.25) is 4.79 Å². The Morgan fingerprint density at radius 2 is 2.45 bits per heavy atom. The summed E-state index contributed by atoms with van der Waals surface area (Å²) in [5, 5.41) is 5.52. The van der Waals surface area contributed by atoms with Crippen molar-refractivity contribution in [1.82, 2.24) is 10.2 Å². The third kappa shape index (κ3) is 4.60. The van der Waals surface area contributed by atoms with Crippen molar-refractivity contribution in [2.75, 3.05) is 19.6 Å². The molecule has 112 valence electrons. The second-order valence-corrected chi connectivity index (χ2v) is 6.55. The highest BCUT2D eigenvalue weighted by Gasteiger charge is 2.24. The van der Waals surface area contributed by atoms with E-state index in [4.69, 9.17) is 0 Å². The molecule has 3 nitrogen and oxygen atoms in total. The predicted octanol–water partition coefficient (Wildman–Crippen LogP) is 3.06. The molecule has 2 heterocycles. The lowest BCUT2D eigenvalue weighted by Gasteiger charge is -2.34. The zero-order chi connectivity index (χ0) is 14.2. The van der Waals surface area contributed by atoms with Gasteiger partial charge in [0, 0.05) is 30.4 Å². The lowest BCUT2D eigenvalue weighted by molar-refractivity contribution is -0.134. The molecule has 0 bridgehead atoms. The minimum absolute atomic E-state index is 0.345. The number of aryl methyl sites for hydroxylation is 1. The summed E-state index contributed by atoms with van der Waals surface area (Å²) >= 11 is 1.79. The predicted molar refractivity (Wildman–Crippen MR) is 85.2 cm³/mol. The normalized spacial score (nSPS) is 18.9. The van der Waals surface area contributed by atoms with Gasteiger partial charge in [0.05, 0.1) is 0 Å². The van der Waals surface area contributed by atoms with Crippen LogP contribution in [0.4, 0.5) is 0 Å². The second kappa shape index (κ2) is 8.42. The van der Waals surface area contributed by atoms with Gasteiger partial charge in [0.1, 0.15) is 0 Å². The number of thiophene rings is 1. The zero-order valence-corrected chi connectivity index (χ0v) is 13.3. The largest absolute Gasteiger partial charge is 0.338 e. The maximum Gasteiger partial charge on any atom is 0.222 e. The minimum atomic E-state index is 0.345. The lowest BCUT2D eigenvalue weighted by Crippen LogP contribution is -2.49. The van der Waals surface area contributed by atoms with E-state index in [0.717, 1.165) is 45.3 Å². The van der Waals surface area contributed by atoms with Gasteiger partial charge in [0.25, 0.3) is 0 Å². The summed E-state index contributed by atoms with van der Waals surface area (Å²) in [4.78, 5) is 16.0. The van der Waals surface area contributed by atoms with Gasteiger partial charge in [0.15, 0.2) is 0 Å². The van der Waals surface area contributed by atoms with Gasteiger partial charge in [-0.05, 0) is 50.1 Å². The fourth-order valence-corrected chi connectivity index (χ4v) is 3.61. The van der Waals surface area contributed by atoms with Crippen LogP contribution in [0.15, 0.2) is 17.5 Å². The van der Waals surface area contributed by atoms with Gasteiger partial charge >= 0.3 is 0 Å². The standard InChI is InChI=1S/C16H26N2OS/c1-2-11-18(14-6-4-10-17-13-14)16(19)9-3-7-15-8-5-12-20-15/h5,8,12,14,17H,2-4,6-7,9-11,13H2,1H3. The van der Waals surface area contributed by atoms with E-state index in [-0.39, 0.29) is 0 Å². The highest BCUT2D eigenvalue weighted by molar-refractivity contribution is 7.09. The Morgan fingerprint density at radius 3 is 3.10 bits per heavy atom. The SMILES string of the molecule is CCCN(C(=O)CCCc1cccs1)C1CCCNC1. The van der Waals surface area contributed by atoms with Crippen molar-refractivity contribution in [3.63, 3.8) is 0 Å². The topological polar surface area (TPSA) is 32.3 Å². The zero-order valence-electron chi connectivity index (χ0n) is 12.4. The molecule has 1 amide bonds. The molecule has 2 rings (SSSR count). The Hall–Kier alpha value is -0.870. The van der Waals surface area contributed by atoms with E-state index >= 15 is 0 Å². The van der Waals surface area contributed by atoms with E-state index in [1.165, 1.54) is 11.3 Å². The van der Waals surface area contributed by atoms with E-state index in [1.807, 2.05) is 0 Å². The van der Waals surface area contributed by atoms with Gasteiger partial charge < -0.3 is 10.2 Å². The van der Waals surface area contributed by atoms with Crippen LogP contribution in [0.5, 0.6) is 0 Å². The summed E-state index contributed by atoms with van der Waals surface area (Å²) in [6.45, 7) is 5.13. The third-order valence-electron chi connectivity index (χ3n) is 3.89. The molecule has 1 atom stereocenters. The van der Waals surface area contributed by atoms with E-state index in [0.29, 0.717) is 18.4 Å². The van der Waals surface area contributed by atoms with Crippen molar-refractivity contribution in [2.45, 2.75) is 51.5 Å². The van der Waals surface area contributed by atoms with Crippen molar-refractivity contribution < 1.29 is 4.79 Å². The van der Waals surface area contributed by atoms with E-state index in [2.05, 4.69) is 34.7 Å². The van der Waals surface area contributed by atoms with Gasteiger partial charge in [-0.2, -0.15) is 0 Å². The molecule has 20 heavy (non-hydrogen) atoms. The van der Waals surface area contributed by atoms with Crippen molar-refractivity contribution in [2.24, 2.45) is 0 Å². The first-order valence-electron chi connectivity index (χ1n) is 7.84. The molecular formula is C16H26N2OS. The molecule has 1 aliphatic heterocycles. The third-order valence-corrected chi connectivity index (χ3v) is 4.83. The average molecular weight is 294 g/mol. The Kier molecular flexibility index (Phi) is 6.54. The quantitative estimate of drug-likeness (QED) is 0.838. The number of hydrogen-bond acceptors (Lipinski definition) is 3. The van der Waals surface area contributed by atoms with Crippen molar-refractivity contribution in [1.29, 1.82) is 0 Å². The van der Waals surface area contributed by atoms with Crippen LogP contribution in [0, 0.1) is 0 Å². The second-order valence-electron chi connectivity index (χ2n) is 5.52. The fraction of sp³-hybridized carbons (Fsp3) is 0.688. The molecule has 0 aromatic carbocycles. The molecule has 1 saturated heterocycles. The van der Waals surface area contributed by atoms with Crippen LogP contribution in [0.3, 0.4) is 0 Å². The molecule has 1 aromatic heterocycles. The van der Waals surface area contributed by atoms with Crippen molar-refractivity contribution in [3.8, 4) is 0 Å². The van der Waals surface area contributed by atoms with Crippen molar-refractivity contribution in [3.05, 3.63) is 22.4 Å². The molecule has 0 saturated carbocycles. The van der Waals surface area contributed by atoms with Crippen LogP contribution in [-0.4, -0.2) is 36.5 Å². The number of nitrogens with one attached hydrogen (secondary N) is 1. The van der Waals surface area contributed by atoms with E-state index in [1.54, 1.807) is 11.3 Å². The number of nitrogens with zero attached hydrogens (tertiary/aromatic N) is 1. The Morgan fingerprint density at radius 1 is 1.55 bits per heavy atom. The Bertz CT molecular complexity index is 385. The van der Waals surface area contributed by atoms with E-state index < -0.39 is 0 Å². The molecule has 1 N–H and O–H groups in total. The summed E-state index contributed by atoms with van der Waals surface area (Å²) < 4.78 is 0. The maximum atomic E-state index is 12.5. The summed E-state index contributed by atoms with van der Waals surface area (Å²) in [7, 11) is 0. The monoisotopic (exact) mass is 294 g/mol. The lowest BCUT2D eigenvalue weighted by atomic mass is 10.0. The molecule has 1 unspecified atom stereocenters. The van der Waals surface area contributed by atoms with Crippen LogP contribution in [0.25, 0.3) is 0 Å². The molecule has 1 aromatic rings. The highest BCUT2D eigenvalue weighted by Crippen LogP contribution is 2.16. The average Bonchev–Trinajstić information content (AvgIpc) is 2.99. The van der Waals surface area contributed by atoms with Gasteiger partial charge in [-0.25, -0.2) is 0 Å². The fourth-order valence-electron chi connectivity index (χ4n) is 2.86. The molecule has 1 fully saturated rings. The van der Waals surface area contributed by atoms with Crippen LogP contribution in [-0.2, 0) is 11.2 Å². The number of carbonyl (C=O) groups excluding carboxylic acids is 1. The number of hydrogen-bond donors (Lipinski definition) is 1. The van der Waals surface area contributed by atoms with E-state index in [9.17, 15) is 4.79 Å². The molecule has 0 spiro atoms. The molecule has 1 aliphatic rings. The maximum absolute atomic E-state index is 12.5. The Balaban J connectivity index is 1.79. The number of carbonyl (C=O) groups is 1. The van der Waals surface area contributed by atoms with Gasteiger partial charge in [-0.1, -0.05) is 13.0 Å². The smallest absolute Gasteiger partial charge is 0.222 e. The highest BCUT2D eigenvalue weighted by atomic mass is 32.1. The molecular weight excluding hydrogens is 268 g/mol. The summed E-state index contributed by atoms with van der Waals surface area (Å²) in [5.74, 6) is 0.345. The van der Waals surface area contributed by atoms with Gasteiger partial charge in [0.2, 0.25) is 5.91 Å². The molecule has 0 radical (unpaired) electrons.